The fourth-order valence-corrected chi connectivity index (χ4v) is 3.58. The Kier molecular flexibility index (Phi) is 4.39. The van der Waals surface area contributed by atoms with E-state index in [1.165, 1.54) is 31.4 Å². The highest BCUT2D eigenvalue weighted by molar-refractivity contribution is 5.15. The average Bonchev–Trinajstić information content (AvgIpc) is 3.22. The number of hydrogen-bond donors (Lipinski definition) is 1. The summed E-state index contributed by atoms with van der Waals surface area (Å²) in [6.45, 7) is 6.42. The molecule has 3 nitrogen and oxygen atoms in total. The maximum atomic E-state index is 5.84. The maximum absolute atomic E-state index is 5.84. The molecule has 3 heteroatoms. The maximum Gasteiger partial charge on any atom is 0.0242 e. The first-order valence-electron chi connectivity index (χ1n) is 8.01. The van der Waals surface area contributed by atoms with Gasteiger partial charge in [-0.25, -0.2) is 0 Å². The van der Waals surface area contributed by atoms with Gasteiger partial charge in [0, 0.05) is 44.3 Å². The molecule has 1 aromatic carbocycles. The van der Waals surface area contributed by atoms with Crippen molar-refractivity contribution in [3.63, 3.8) is 0 Å². The van der Waals surface area contributed by atoms with Crippen molar-refractivity contribution in [3.05, 3.63) is 35.9 Å². The van der Waals surface area contributed by atoms with Crippen molar-refractivity contribution >= 4 is 0 Å². The lowest BCUT2D eigenvalue weighted by Crippen LogP contribution is -2.40. The molecule has 1 heterocycles. The Morgan fingerprint density at radius 2 is 2.00 bits per heavy atom. The van der Waals surface area contributed by atoms with E-state index in [0.29, 0.717) is 6.04 Å². The first-order valence-corrected chi connectivity index (χ1v) is 8.01. The van der Waals surface area contributed by atoms with Crippen molar-refractivity contribution < 1.29 is 0 Å². The Bertz CT molecular complexity index is 416. The Morgan fingerprint density at radius 1 is 1.25 bits per heavy atom. The standard InChI is InChI=1S/C17H27N3/c1-14-11-17(13-20(14)16-7-8-16)19(10-9-18)12-15-5-3-2-4-6-15/h2-6,14,16-17H,7-13,18H2,1H3. The topological polar surface area (TPSA) is 32.5 Å². The van der Waals surface area contributed by atoms with E-state index in [4.69, 9.17) is 5.73 Å². The second-order valence-electron chi connectivity index (χ2n) is 6.41. The van der Waals surface area contributed by atoms with Gasteiger partial charge in [0.15, 0.2) is 0 Å². The molecule has 3 rings (SSSR count). The smallest absolute Gasteiger partial charge is 0.0242 e. The highest BCUT2D eigenvalue weighted by Crippen LogP contribution is 2.34. The molecule has 0 bridgehead atoms. The Labute approximate surface area is 122 Å². The lowest BCUT2D eigenvalue weighted by molar-refractivity contribution is 0.185. The van der Waals surface area contributed by atoms with E-state index in [0.717, 1.165) is 31.7 Å². The number of nitrogens with zero attached hydrogens (tertiary/aromatic N) is 2. The van der Waals surface area contributed by atoms with Gasteiger partial charge in [0.1, 0.15) is 0 Å². The third-order valence-electron chi connectivity index (χ3n) is 4.78. The molecule has 2 aliphatic rings. The van der Waals surface area contributed by atoms with Crippen LogP contribution in [0.15, 0.2) is 30.3 Å². The fourth-order valence-electron chi connectivity index (χ4n) is 3.58. The largest absolute Gasteiger partial charge is 0.329 e. The molecule has 0 spiro atoms. The predicted molar refractivity (Wildman–Crippen MR) is 83.5 cm³/mol. The van der Waals surface area contributed by atoms with E-state index >= 15 is 0 Å². The van der Waals surface area contributed by atoms with Crippen LogP contribution in [0.3, 0.4) is 0 Å². The second-order valence-corrected chi connectivity index (χ2v) is 6.41. The van der Waals surface area contributed by atoms with Gasteiger partial charge in [0.2, 0.25) is 0 Å². The van der Waals surface area contributed by atoms with Gasteiger partial charge < -0.3 is 5.73 Å². The molecule has 110 valence electrons. The molecule has 1 aliphatic carbocycles. The highest BCUT2D eigenvalue weighted by Gasteiger charge is 2.40. The van der Waals surface area contributed by atoms with Crippen molar-refractivity contribution in [1.29, 1.82) is 0 Å². The summed E-state index contributed by atoms with van der Waals surface area (Å²) >= 11 is 0. The quantitative estimate of drug-likeness (QED) is 0.861. The van der Waals surface area contributed by atoms with Crippen molar-refractivity contribution in [3.8, 4) is 0 Å². The van der Waals surface area contributed by atoms with Crippen molar-refractivity contribution in [2.24, 2.45) is 5.73 Å². The Hall–Kier alpha value is -0.900. The van der Waals surface area contributed by atoms with Gasteiger partial charge in [0.05, 0.1) is 0 Å². The molecule has 2 unspecified atom stereocenters. The summed E-state index contributed by atoms with van der Waals surface area (Å²) in [5.41, 5.74) is 7.24. The zero-order valence-corrected chi connectivity index (χ0v) is 12.5. The minimum Gasteiger partial charge on any atom is -0.329 e. The third-order valence-corrected chi connectivity index (χ3v) is 4.78. The van der Waals surface area contributed by atoms with Crippen LogP contribution in [0.5, 0.6) is 0 Å². The van der Waals surface area contributed by atoms with Crippen LogP contribution < -0.4 is 5.73 Å². The van der Waals surface area contributed by atoms with Crippen LogP contribution >= 0.6 is 0 Å². The molecular formula is C17H27N3. The number of nitrogens with two attached hydrogens (primary N) is 1. The Balaban J connectivity index is 1.64. The second kappa shape index (κ2) is 6.25. The first kappa shape index (κ1) is 14.1. The summed E-state index contributed by atoms with van der Waals surface area (Å²) in [6.07, 6.45) is 4.11. The van der Waals surface area contributed by atoms with Crippen molar-refractivity contribution in [2.75, 3.05) is 19.6 Å². The van der Waals surface area contributed by atoms with Gasteiger partial charge in [-0.2, -0.15) is 0 Å². The molecule has 1 aromatic rings. The predicted octanol–water partition coefficient (Wildman–Crippen LogP) is 2.07. The van der Waals surface area contributed by atoms with E-state index in [-0.39, 0.29) is 0 Å². The molecular weight excluding hydrogens is 246 g/mol. The Morgan fingerprint density at radius 3 is 2.65 bits per heavy atom. The van der Waals surface area contributed by atoms with Gasteiger partial charge >= 0.3 is 0 Å². The minimum atomic E-state index is 0.675. The summed E-state index contributed by atoms with van der Waals surface area (Å²) in [6, 6.07) is 13.1. The van der Waals surface area contributed by atoms with Crippen LogP contribution in [0.4, 0.5) is 0 Å². The van der Waals surface area contributed by atoms with E-state index in [1.807, 2.05) is 0 Å². The summed E-state index contributed by atoms with van der Waals surface area (Å²) in [4.78, 5) is 5.31. The zero-order chi connectivity index (χ0) is 13.9. The SMILES string of the molecule is CC1CC(N(CCN)Cc2ccccc2)CN1C1CC1. The van der Waals surface area contributed by atoms with E-state index in [9.17, 15) is 0 Å². The third kappa shape index (κ3) is 3.22. The fraction of sp³-hybridized carbons (Fsp3) is 0.647. The van der Waals surface area contributed by atoms with Crippen LogP contribution in [0.2, 0.25) is 0 Å². The van der Waals surface area contributed by atoms with Gasteiger partial charge in [-0.1, -0.05) is 30.3 Å². The molecule has 20 heavy (non-hydrogen) atoms. The molecule has 1 aliphatic heterocycles. The van der Waals surface area contributed by atoms with E-state index < -0.39 is 0 Å². The normalized spacial score (nSPS) is 27.4. The van der Waals surface area contributed by atoms with Gasteiger partial charge in [-0.05, 0) is 31.7 Å². The number of hydrogen-bond acceptors (Lipinski definition) is 3. The first-order chi connectivity index (χ1) is 9.78. The monoisotopic (exact) mass is 273 g/mol. The lowest BCUT2D eigenvalue weighted by Gasteiger charge is -2.28. The van der Waals surface area contributed by atoms with Gasteiger partial charge in [0.25, 0.3) is 0 Å². The van der Waals surface area contributed by atoms with Crippen LogP contribution in [0, 0.1) is 0 Å². The highest BCUT2D eigenvalue weighted by atomic mass is 15.3. The summed E-state index contributed by atoms with van der Waals surface area (Å²) in [7, 11) is 0. The van der Waals surface area contributed by atoms with Gasteiger partial charge in [-0.15, -0.1) is 0 Å². The molecule has 0 radical (unpaired) electrons. The molecule has 1 saturated heterocycles. The molecule has 0 aromatic heterocycles. The number of benzene rings is 1. The lowest BCUT2D eigenvalue weighted by atomic mass is 10.1. The molecule has 2 fully saturated rings. The van der Waals surface area contributed by atoms with Gasteiger partial charge in [-0.3, -0.25) is 9.80 Å². The van der Waals surface area contributed by atoms with Crippen molar-refractivity contribution in [2.45, 2.75) is 50.9 Å². The van der Waals surface area contributed by atoms with Crippen LogP contribution in [0.1, 0.15) is 31.7 Å². The minimum absolute atomic E-state index is 0.675. The number of rotatable bonds is 6. The summed E-state index contributed by atoms with van der Waals surface area (Å²) in [5.74, 6) is 0. The summed E-state index contributed by atoms with van der Waals surface area (Å²) < 4.78 is 0. The zero-order valence-electron chi connectivity index (χ0n) is 12.5. The summed E-state index contributed by atoms with van der Waals surface area (Å²) in [5, 5.41) is 0. The average molecular weight is 273 g/mol. The van der Waals surface area contributed by atoms with Crippen LogP contribution in [0.25, 0.3) is 0 Å². The van der Waals surface area contributed by atoms with E-state index in [1.54, 1.807) is 0 Å². The molecule has 2 atom stereocenters. The molecule has 1 saturated carbocycles. The number of likely N-dealkylation sites (tertiary alicyclic amines) is 1. The molecule has 0 amide bonds. The van der Waals surface area contributed by atoms with Crippen LogP contribution in [-0.2, 0) is 6.54 Å². The van der Waals surface area contributed by atoms with Crippen LogP contribution in [-0.4, -0.2) is 47.6 Å². The molecule has 2 N–H and O–H groups in total. The van der Waals surface area contributed by atoms with Crippen molar-refractivity contribution in [1.82, 2.24) is 9.80 Å². The van der Waals surface area contributed by atoms with E-state index in [2.05, 4.69) is 47.1 Å².